The lowest BCUT2D eigenvalue weighted by Gasteiger charge is -2.33. The van der Waals surface area contributed by atoms with E-state index >= 15 is 0 Å². The number of piperidine rings is 1. The van der Waals surface area contributed by atoms with Crippen molar-refractivity contribution in [3.8, 4) is 11.1 Å². The number of benzene rings is 1. The summed E-state index contributed by atoms with van der Waals surface area (Å²) in [6, 6.07) is 1.28. The molecule has 3 aromatic rings. The monoisotopic (exact) mass is 392 g/mol. The molecule has 8 heteroatoms. The summed E-state index contributed by atoms with van der Waals surface area (Å²) in [7, 11) is 0. The standard InChI is InChI=1S/C19H16ClF3N4/c1-10-2-4-27(5-3-10)19-16(15-13(22)6-11(21)7-14(15)23)17(20)12-8-24-9-25-18(12)26-19/h6-10H,2-5H2,1H3. The smallest absolute Gasteiger partial charge is 0.166 e. The maximum Gasteiger partial charge on any atom is 0.166 e. The summed E-state index contributed by atoms with van der Waals surface area (Å²) in [5.41, 5.74) is 0.0482. The average molecular weight is 393 g/mol. The molecule has 0 saturated carbocycles. The summed E-state index contributed by atoms with van der Waals surface area (Å²) in [6.07, 6.45) is 4.64. The van der Waals surface area contributed by atoms with Gasteiger partial charge in [0.25, 0.3) is 0 Å². The fourth-order valence-corrected chi connectivity index (χ4v) is 3.72. The quantitative estimate of drug-likeness (QED) is 0.615. The first-order chi connectivity index (χ1) is 13.0. The van der Waals surface area contributed by atoms with Crippen LogP contribution in [0, 0.1) is 23.4 Å². The Morgan fingerprint density at radius 2 is 1.74 bits per heavy atom. The predicted octanol–water partition coefficient (Wildman–Crippen LogP) is 5.00. The lowest BCUT2D eigenvalue weighted by atomic mass is 9.97. The normalized spacial score (nSPS) is 15.5. The fourth-order valence-electron chi connectivity index (χ4n) is 3.41. The molecule has 2 aromatic heterocycles. The van der Waals surface area contributed by atoms with E-state index in [-0.39, 0.29) is 10.6 Å². The van der Waals surface area contributed by atoms with Gasteiger partial charge in [-0.25, -0.2) is 28.1 Å². The highest BCUT2D eigenvalue weighted by Gasteiger charge is 2.27. The third-order valence-electron chi connectivity index (χ3n) is 4.92. The zero-order valence-corrected chi connectivity index (χ0v) is 15.3. The van der Waals surface area contributed by atoms with Gasteiger partial charge in [-0.05, 0) is 18.8 Å². The lowest BCUT2D eigenvalue weighted by Crippen LogP contribution is -2.34. The van der Waals surface area contributed by atoms with Gasteiger partial charge in [-0.3, -0.25) is 0 Å². The Balaban J connectivity index is 2.00. The van der Waals surface area contributed by atoms with Crippen molar-refractivity contribution in [2.75, 3.05) is 18.0 Å². The molecule has 0 bridgehead atoms. The van der Waals surface area contributed by atoms with Crippen LogP contribution < -0.4 is 4.90 Å². The highest BCUT2D eigenvalue weighted by atomic mass is 35.5. The van der Waals surface area contributed by atoms with Crippen LogP contribution in [0.2, 0.25) is 5.02 Å². The molecule has 27 heavy (non-hydrogen) atoms. The molecule has 0 spiro atoms. The molecular weight excluding hydrogens is 377 g/mol. The van der Waals surface area contributed by atoms with E-state index in [0.29, 0.717) is 48.0 Å². The van der Waals surface area contributed by atoms with Crippen LogP contribution in [0.3, 0.4) is 0 Å². The van der Waals surface area contributed by atoms with Crippen molar-refractivity contribution in [3.05, 3.63) is 47.1 Å². The zero-order chi connectivity index (χ0) is 19.1. The summed E-state index contributed by atoms with van der Waals surface area (Å²) >= 11 is 6.54. The summed E-state index contributed by atoms with van der Waals surface area (Å²) < 4.78 is 42.6. The van der Waals surface area contributed by atoms with Crippen LogP contribution in [0.5, 0.6) is 0 Å². The number of rotatable bonds is 2. The van der Waals surface area contributed by atoms with E-state index in [4.69, 9.17) is 11.6 Å². The molecule has 4 rings (SSSR count). The minimum Gasteiger partial charge on any atom is -0.356 e. The first-order valence-electron chi connectivity index (χ1n) is 8.64. The highest BCUT2D eigenvalue weighted by Crippen LogP contribution is 2.42. The van der Waals surface area contributed by atoms with Crippen LogP contribution in [-0.2, 0) is 0 Å². The van der Waals surface area contributed by atoms with E-state index in [0.717, 1.165) is 12.8 Å². The Morgan fingerprint density at radius 1 is 1.07 bits per heavy atom. The second-order valence-electron chi connectivity index (χ2n) is 6.80. The molecule has 0 aliphatic carbocycles. The minimum absolute atomic E-state index is 0.0960. The van der Waals surface area contributed by atoms with Crippen molar-refractivity contribution in [1.82, 2.24) is 15.0 Å². The van der Waals surface area contributed by atoms with Gasteiger partial charge >= 0.3 is 0 Å². The largest absolute Gasteiger partial charge is 0.356 e. The van der Waals surface area contributed by atoms with Crippen molar-refractivity contribution in [2.45, 2.75) is 19.8 Å². The van der Waals surface area contributed by atoms with Gasteiger partial charge in [-0.1, -0.05) is 18.5 Å². The van der Waals surface area contributed by atoms with Crippen molar-refractivity contribution < 1.29 is 13.2 Å². The maximum absolute atomic E-state index is 14.6. The molecule has 0 unspecified atom stereocenters. The number of pyridine rings is 1. The first-order valence-corrected chi connectivity index (χ1v) is 9.02. The van der Waals surface area contributed by atoms with Gasteiger partial charge in [-0.2, -0.15) is 0 Å². The number of anilines is 1. The van der Waals surface area contributed by atoms with E-state index in [9.17, 15) is 13.2 Å². The summed E-state index contributed by atoms with van der Waals surface area (Å²) in [6.45, 7) is 3.52. The van der Waals surface area contributed by atoms with Crippen molar-refractivity contribution in [2.24, 2.45) is 5.92 Å². The molecular formula is C19H16ClF3N4. The zero-order valence-electron chi connectivity index (χ0n) is 14.5. The van der Waals surface area contributed by atoms with Crippen LogP contribution in [0.4, 0.5) is 19.0 Å². The van der Waals surface area contributed by atoms with E-state index < -0.39 is 23.0 Å². The van der Waals surface area contributed by atoms with E-state index in [1.165, 1.54) is 12.5 Å². The Kier molecular flexibility index (Phi) is 4.63. The van der Waals surface area contributed by atoms with Crippen LogP contribution >= 0.6 is 11.6 Å². The molecule has 140 valence electrons. The number of halogens is 4. The second-order valence-corrected chi connectivity index (χ2v) is 7.18. The van der Waals surface area contributed by atoms with Crippen molar-refractivity contribution >= 4 is 28.5 Å². The van der Waals surface area contributed by atoms with E-state index in [2.05, 4.69) is 21.9 Å². The first kappa shape index (κ1) is 18.0. The molecule has 1 aliphatic heterocycles. The van der Waals surface area contributed by atoms with Gasteiger partial charge in [0, 0.05) is 37.0 Å². The number of aromatic nitrogens is 3. The predicted molar refractivity (Wildman–Crippen MR) is 98.3 cm³/mol. The second kappa shape index (κ2) is 6.96. The van der Waals surface area contributed by atoms with Gasteiger partial charge in [0.1, 0.15) is 29.6 Å². The fraction of sp³-hybridized carbons (Fsp3) is 0.316. The molecule has 0 atom stereocenters. The molecule has 3 heterocycles. The van der Waals surface area contributed by atoms with Crippen LogP contribution in [0.15, 0.2) is 24.7 Å². The highest BCUT2D eigenvalue weighted by molar-refractivity contribution is 6.38. The minimum atomic E-state index is -1.03. The Hall–Kier alpha value is -2.41. The van der Waals surface area contributed by atoms with Crippen LogP contribution in [-0.4, -0.2) is 28.0 Å². The summed E-state index contributed by atoms with van der Waals surface area (Å²) in [5, 5.41) is 0.477. The van der Waals surface area contributed by atoms with Crippen molar-refractivity contribution in [3.63, 3.8) is 0 Å². The third-order valence-corrected chi connectivity index (χ3v) is 5.32. The van der Waals surface area contributed by atoms with Gasteiger partial charge in [-0.15, -0.1) is 0 Å². The van der Waals surface area contributed by atoms with Gasteiger partial charge in [0.05, 0.1) is 16.0 Å². The van der Waals surface area contributed by atoms with Gasteiger partial charge in [0.2, 0.25) is 0 Å². The topological polar surface area (TPSA) is 41.9 Å². The maximum atomic E-state index is 14.6. The van der Waals surface area contributed by atoms with E-state index in [1.54, 1.807) is 0 Å². The summed E-state index contributed by atoms with van der Waals surface area (Å²) in [5.74, 6) is -2.14. The molecule has 0 N–H and O–H groups in total. The van der Waals surface area contributed by atoms with Crippen LogP contribution in [0.1, 0.15) is 19.8 Å². The molecule has 0 amide bonds. The molecule has 1 saturated heterocycles. The molecule has 1 fully saturated rings. The summed E-state index contributed by atoms with van der Waals surface area (Å²) in [4.78, 5) is 14.5. The Labute approximate surface area is 159 Å². The number of fused-ring (bicyclic) bond motifs is 1. The molecule has 0 radical (unpaired) electrons. The van der Waals surface area contributed by atoms with Gasteiger partial charge in [0.15, 0.2) is 5.65 Å². The number of nitrogens with zero attached hydrogens (tertiary/aromatic N) is 4. The number of hydrogen-bond acceptors (Lipinski definition) is 4. The molecule has 1 aliphatic rings. The third kappa shape index (κ3) is 3.20. The molecule has 4 nitrogen and oxygen atoms in total. The number of hydrogen-bond donors (Lipinski definition) is 0. The van der Waals surface area contributed by atoms with Crippen molar-refractivity contribution in [1.29, 1.82) is 0 Å². The Morgan fingerprint density at radius 3 is 2.41 bits per heavy atom. The lowest BCUT2D eigenvalue weighted by molar-refractivity contribution is 0.437. The Bertz CT molecular complexity index is 996. The SMILES string of the molecule is CC1CCN(c2nc3ncncc3c(Cl)c2-c2c(F)cc(F)cc2F)CC1. The van der Waals surface area contributed by atoms with Gasteiger partial charge < -0.3 is 4.90 Å². The average Bonchev–Trinajstić information content (AvgIpc) is 2.63. The molecule has 1 aromatic carbocycles. The van der Waals surface area contributed by atoms with Crippen LogP contribution in [0.25, 0.3) is 22.2 Å². The van der Waals surface area contributed by atoms with E-state index in [1.807, 2.05) is 4.90 Å².